The number of hydrogen-bond acceptors (Lipinski definition) is 3. The Balaban J connectivity index is 1.10. The van der Waals surface area contributed by atoms with Crippen LogP contribution in [0.25, 0.3) is 121 Å². The van der Waals surface area contributed by atoms with Crippen molar-refractivity contribution in [1.82, 2.24) is 9.13 Å². The molecular formula is C48H26N2O3. The van der Waals surface area contributed by atoms with Gasteiger partial charge >= 0.3 is 0 Å². The van der Waals surface area contributed by atoms with Crippen LogP contribution in [0, 0.1) is 0 Å². The van der Waals surface area contributed by atoms with Crippen molar-refractivity contribution in [3.05, 3.63) is 158 Å². The zero-order valence-electron chi connectivity index (χ0n) is 28.1. The van der Waals surface area contributed by atoms with Crippen molar-refractivity contribution in [2.75, 3.05) is 0 Å². The first-order valence-corrected chi connectivity index (χ1v) is 17.9. The predicted octanol–water partition coefficient (Wildman–Crippen LogP) is 13.6. The summed E-state index contributed by atoms with van der Waals surface area (Å²) in [6.07, 6.45) is 0. The summed E-state index contributed by atoms with van der Waals surface area (Å²) in [5.41, 5.74) is 11.7. The van der Waals surface area contributed by atoms with Crippen LogP contribution in [0.15, 0.2) is 171 Å². The Labute approximate surface area is 300 Å². The first-order valence-electron chi connectivity index (χ1n) is 17.9. The van der Waals surface area contributed by atoms with Gasteiger partial charge in [-0.1, -0.05) is 84.9 Å². The molecule has 0 saturated carbocycles. The molecule has 0 unspecified atom stereocenters. The van der Waals surface area contributed by atoms with Crippen LogP contribution in [0.3, 0.4) is 0 Å². The summed E-state index contributed by atoms with van der Waals surface area (Å²) in [4.78, 5) is 0. The third-order valence-electron chi connectivity index (χ3n) is 11.3. The SMILES string of the molecule is c1ccc2c(c1)oc1c2ccc2c3ccccc3n(-c3ccc4oc5ccc(-n6c7ccccc7c7ccc8c9ccccc9oc8c76)cc5c4c3)c21. The molecule has 13 aromatic rings. The maximum Gasteiger partial charge on any atom is 0.160 e. The van der Waals surface area contributed by atoms with Crippen molar-refractivity contribution in [2.45, 2.75) is 0 Å². The van der Waals surface area contributed by atoms with Gasteiger partial charge in [-0.2, -0.15) is 0 Å². The summed E-state index contributed by atoms with van der Waals surface area (Å²) in [5, 5.41) is 11.3. The molecule has 0 spiro atoms. The van der Waals surface area contributed by atoms with E-state index in [2.05, 4.69) is 143 Å². The zero-order chi connectivity index (χ0) is 34.4. The fraction of sp³-hybridized carbons (Fsp3) is 0. The number of nitrogens with zero attached hydrogens (tertiary/aromatic N) is 2. The van der Waals surface area contributed by atoms with E-state index in [4.69, 9.17) is 13.3 Å². The van der Waals surface area contributed by atoms with Crippen LogP contribution in [0.1, 0.15) is 0 Å². The molecule has 0 atom stereocenters. The Morgan fingerprint density at radius 1 is 0.283 bits per heavy atom. The molecule has 0 fully saturated rings. The van der Waals surface area contributed by atoms with E-state index in [0.29, 0.717) is 0 Å². The Morgan fingerprint density at radius 2 is 0.679 bits per heavy atom. The molecule has 0 aliphatic heterocycles. The molecule has 0 aliphatic rings. The molecule has 0 aliphatic carbocycles. The molecule has 0 amide bonds. The van der Waals surface area contributed by atoms with Gasteiger partial charge < -0.3 is 22.4 Å². The van der Waals surface area contributed by atoms with E-state index in [9.17, 15) is 0 Å². The second-order valence-corrected chi connectivity index (χ2v) is 14.0. The van der Waals surface area contributed by atoms with Gasteiger partial charge in [-0.05, 0) is 72.8 Å². The lowest BCUT2D eigenvalue weighted by molar-refractivity contribution is 0.668. The summed E-state index contributed by atoms with van der Waals surface area (Å²) in [6, 6.07) is 55.7. The minimum atomic E-state index is 0.845. The van der Waals surface area contributed by atoms with Crippen molar-refractivity contribution >= 4 is 109 Å². The van der Waals surface area contributed by atoms with E-state index in [0.717, 1.165) is 110 Å². The molecule has 0 bridgehead atoms. The smallest absolute Gasteiger partial charge is 0.160 e. The number of rotatable bonds is 2. The Bertz CT molecular complexity index is 3450. The van der Waals surface area contributed by atoms with Crippen molar-refractivity contribution in [2.24, 2.45) is 0 Å². The minimum absolute atomic E-state index is 0.845. The summed E-state index contributed by atoms with van der Waals surface area (Å²) < 4.78 is 24.5. The second kappa shape index (κ2) is 9.75. The Kier molecular flexibility index (Phi) is 5.06. The number of fused-ring (bicyclic) bond motifs is 17. The molecule has 13 rings (SSSR count). The van der Waals surface area contributed by atoms with Gasteiger partial charge in [0.2, 0.25) is 0 Å². The summed E-state index contributed by atoms with van der Waals surface area (Å²) in [6.45, 7) is 0. The highest BCUT2D eigenvalue weighted by Crippen LogP contribution is 2.43. The lowest BCUT2D eigenvalue weighted by atomic mass is 10.1. The van der Waals surface area contributed by atoms with Gasteiger partial charge in [-0.25, -0.2) is 0 Å². The predicted molar refractivity (Wildman–Crippen MR) is 217 cm³/mol. The van der Waals surface area contributed by atoms with Gasteiger partial charge in [0.25, 0.3) is 0 Å². The Morgan fingerprint density at radius 3 is 1.17 bits per heavy atom. The number of benzene rings is 8. The number of hydrogen-bond donors (Lipinski definition) is 0. The lowest BCUT2D eigenvalue weighted by Crippen LogP contribution is -1.94. The molecule has 53 heavy (non-hydrogen) atoms. The maximum atomic E-state index is 6.63. The third-order valence-corrected chi connectivity index (χ3v) is 11.3. The fourth-order valence-electron chi connectivity index (χ4n) is 9.03. The topological polar surface area (TPSA) is 49.3 Å². The van der Waals surface area contributed by atoms with Gasteiger partial charge in [0.15, 0.2) is 11.2 Å². The number of aromatic nitrogens is 2. The number of para-hydroxylation sites is 4. The molecule has 5 heterocycles. The van der Waals surface area contributed by atoms with Crippen LogP contribution in [-0.2, 0) is 0 Å². The first-order chi connectivity index (χ1) is 26.3. The van der Waals surface area contributed by atoms with Crippen LogP contribution in [0.5, 0.6) is 0 Å². The average molecular weight is 679 g/mol. The van der Waals surface area contributed by atoms with Gasteiger partial charge in [0.1, 0.15) is 22.3 Å². The monoisotopic (exact) mass is 678 g/mol. The van der Waals surface area contributed by atoms with Gasteiger partial charge in [-0.3, -0.25) is 0 Å². The van der Waals surface area contributed by atoms with Gasteiger partial charge in [0, 0.05) is 65.2 Å². The largest absolute Gasteiger partial charge is 0.456 e. The standard InChI is InChI=1S/C48H26N2O3/c1-5-13-39-29(9-1)33-19-21-35-31-11-3-7-15-41(31)52-47(35)45(33)49(39)27-17-23-43-37(25-27)38-26-28(18-24-44(38)51-43)50-40-14-6-2-10-30(40)34-20-22-36-32-12-4-8-16-42(32)53-48(36)46(34)50/h1-26H. The number of furan rings is 3. The van der Waals surface area contributed by atoms with Crippen LogP contribution >= 0.6 is 0 Å². The highest BCUT2D eigenvalue weighted by atomic mass is 16.3. The lowest BCUT2D eigenvalue weighted by Gasteiger charge is -2.09. The molecule has 8 aromatic carbocycles. The van der Waals surface area contributed by atoms with E-state index in [-0.39, 0.29) is 0 Å². The maximum absolute atomic E-state index is 6.63. The summed E-state index contributed by atoms with van der Waals surface area (Å²) >= 11 is 0. The van der Waals surface area contributed by atoms with Crippen molar-refractivity contribution < 1.29 is 13.3 Å². The highest BCUT2D eigenvalue weighted by Gasteiger charge is 2.22. The fourth-order valence-corrected chi connectivity index (χ4v) is 9.03. The summed E-state index contributed by atoms with van der Waals surface area (Å²) in [5.74, 6) is 0. The molecule has 5 heteroatoms. The molecular weight excluding hydrogens is 653 g/mol. The Hall–Kier alpha value is -7.24. The molecule has 0 radical (unpaired) electrons. The van der Waals surface area contributed by atoms with Crippen molar-refractivity contribution in [1.29, 1.82) is 0 Å². The van der Waals surface area contributed by atoms with Crippen LogP contribution in [-0.4, -0.2) is 9.13 Å². The highest BCUT2D eigenvalue weighted by molar-refractivity contribution is 6.23. The van der Waals surface area contributed by atoms with Gasteiger partial charge in [-0.15, -0.1) is 0 Å². The van der Waals surface area contributed by atoms with E-state index in [1.165, 1.54) is 10.8 Å². The van der Waals surface area contributed by atoms with Crippen molar-refractivity contribution in [3.63, 3.8) is 0 Å². The molecule has 5 nitrogen and oxygen atoms in total. The van der Waals surface area contributed by atoms with E-state index in [1.54, 1.807) is 0 Å². The minimum Gasteiger partial charge on any atom is -0.456 e. The van der Waals surface area contributed by atoms with E-state index < -0.39 is 0 Å². The molecule has 0 saturated heterocycles. The summed E-state index contributed by atoms with van der Waals surface area (Å²) in [7, 11) is 0. The molecule has 246 valence electrons. The van der Waals surface area contributed by atoms with E-state index in [1.807, 2.05) is 24.3 Å². The zero-order valence-corrected chi connectivity index (χ0v) is 28.1. The first kappa shape index (κ1) is 27.5. The van der Waals surface area contributed by atoms with E-state index >= 15 is 0 Å². The second-order valence-electron chi connectivity index (χ2n) is 14.0. The van der Waals surface area contributed by atoms with Crippen LogP contribution in [0.4, 0.5) is 0 Å². The molecule has 5 aromatic heterocycles. The quantitative estimate of drug-likeness (QED) is 0.183. The van der Waals surface area contributed by atoms with Crippen LogP contribution in [0.2, 0.25) is 0 Å². The van der Waals surface area contributed by atoms with Crippen LogP contribution < -0.4 is 0 Å². The van der Waals surface area contributed by atoms with Crippen molar-refractivity contribution in [3.8, 4) is 11.4 Å². The average Bonchev–Trinajstić information content (AvgIpc) is 4.01. The third kappa shape index (κ3) is 3.51. The molecule has 0 N–H and O–H groups in total. The van der Waals surface area contributed by atoms with Gasteiger partial charge in [0.05, 0.1) is 22.1 Å². The normalized spacial score (nSPS) is 12.5.